The lowest BCUT2D eigenvalue weighted by atomic mass is 10.3. The second-order valence-corrected chi connectivity index (χ2v) is 4.73. The number of nitrogens with zero attached hydrogens (tertiary/aromatic N) is 2. The molecule has 20 heavy (non-hydrogen) atoms. The first-order valence-corrected chi connectivity index (χ1v) is 6.68. The van der Waals surface area contributed by atoms with Crippen molar-refractivity contribution >= 4 is 18.0 Å². The van der Waals surface area contributed by atoms with Gasteiger partial charge >= 0.3 is 18.0 Å². The van der Waals surface area contributed by atoms with Gasteiger partial charge in [0.1, 0.15) is 6.54 Å². The van der Waals surface area contributed by atoms with Crippen LogP contribution in [0.15, 0.2) is 0 Å². The smallest absolute Gasteiger partial charge is 0.325 e. The number of ether oxygens (including phenoxy) is 1. The Kier molecular flexibility index (Phi) is 8.35. The fourth-order valence-corrected chi connectivity index (χ4v) is 1.60. The number of urea groups is 1. The number of aliphatic carboxylic acids is 1. The highest BCUT2D eigenvalue weighted by Crippen LogP contribution is 2.05. The van der Waals surface area contributed by atoms with Gasteiger partial charge in [0.05, 0.1) is 6.61 Å². The Labute approximate surface area is 119 Å². The van der Waals surface area contributed by atoms with E-state index < -0.39 is 11.9 Å². The SMILES string of the molecule is CCOC(=O)CN(C(=O)N(C)CCCC(=O)O)C(C)C. The lowest BCUT2D eigenvalue weighted by Gasteiger charge is -2.30. The Morgan fingerprint density at radius 2 is 1.85 bits per heavy atom. The maximum absolute atomic E-state index is 12.2. The van der Waals surface area contributed by atoms with Crippen molar-refractivity contribution in [1.82, 2.24) is 9.80 Å². The topological polar surface area (TPSA) is 87.2 Å². The molecule has 0 aromatic carbocycles. The molecule has 116 valence electrons. The Balaban J connectivity index is 4.47. The van der Waals surface area contributed by atoms with Crippen LogP contribution in [-0.2, 0) is 14.3 Å². The summed E-state index contributed by atoms with van der Waals surface area (Å²) in [5.74, 6) is -1.34. The van der Waals surface area contributed by atoms with Crippen LogP contribution in [0.1, 0.15) is 33.6 Å². The Morgan fingerprint density at radius 1 is 1.25 bits per heavy atom. The van der Waals surface area contributed by atoms with Crippen LogP contribution in [0.4, 0.5) is 4.79 Å². The van der Waals surface area contributed by atoms with E-state index in [1.807, 2.05) is 13.8 Å². The van der Waals surface area contributed by atoms with Gasteiger partial charge in [-0.15, -0.1) is 0 Å². The number of amides is 2. The number of rotatable bonds is 8. The van der Waals surface area contributed by atoms with Gasteiger partial charge in [-0.1, -0.05) is 0 Å². The molecule has 7 nitrogen and oxygen atoms in total. The van der Waals surface area contributed by atoms with E-state index in [4.69, 9.17) is 9.84 Å². The number of carboxylic acid groups (broad SMARTS) is 1. The zero-order valence-corrected chi connectivity index (χ0v) is 12.6. The first-order chi connectivity index (χ1) is 9.29. The van der Waals surface area contributed by atoms with Gasteiger partial charge in [-0.25, -0.2) is 4.79 Å². The van der Waals surface area contributed by atoms with E-state index in [1.54, 1.807) is 14.0 Å². The van der Waals surface area contributed by atoms with Crippen LogP contribution < -0.4 is 0 Å². The number of hydrogen-bond acceptors (Lipinski definition) is 4. The molecule has 0 aliphatic rings. The molecule has 0 heterocycles. The Bertz CT molecular complexity index is 344. The predicted octanol–water partition coefficient (Wildman–Crippen LogP) is 1.18. The molecule has 0 atom stereocenters. The van der Waals surface area contributed by atoms with Crippen LogP contribution in [0.5, 0.6) is 0 Å². The first kappa shape index (κ1) is 18.2. The largest absolute Gasteiger partial charge is 0.481 e. The molecule has 0 aromatic heterocycles. The zero-order valence-electron chi connectivity index (χ0n) is 12.6. The summed E-state index contributed by atoms with van der Waals surface area (Å²) in [4.78, 5) is 36.9. The molecule has 0 fully saturated rings. The standard InChI is InChI=1S/C13H24N2O5/c1-5-20-12(18)9-15(10(2)3)13(19)14(4)8-6-7-11(16)17/h10H,5-9H2,1-4H3,(H,16,17). The van der Waals surface area contributed by atoms with Crippen LogP contribution in [0.2, 0.25) is 0 Å². The summed E-state index contributed by atoms with van der Waals surface area (Å²) in [5.41, 5.74) is 0. The fourth-order valence-electron chi connectivity index (χ4n) is 1.60. The van der Waals surface area contributed by atoms with Crippen molar-refractivity contribution in [2.75, 3.05) is 26.7 Å². The highest BCUT2D eigenvalue weighted by atomic mass is 16.5. The maximum atomic E-state index is 12.2. The molecule has 0 rings (SSSR count). The molecular weight excluding hydrogens is 264 g/mol. The lowest BCUT2D eigenvalue weighted by Crippen LogP contribution is -2.47. The minimum absolute atomic E-state index is 0.0111. The van der Waals surface area contributed by atoms with Gasteiger partial charge in [0, 0.05) is 26.1 Å². The summed E-state index contributed by atoms with van der Waals surface area (Å²) in [6.07, 6.45) is 0.389. The number of carbonyl (C=O) groups excluding carboxylic acids is 2. The maximum Gasteiger partial charge on any atom is 0.325 e. The Hall–Kier alpha value is -1.79. The zero-order chi connectivity index (χ0) is 15.7. The van der Waals surface area contributed by atoms with Gasteiger partial charge in [-0.3, -0.25) is 9.59 Å². The summed E-state index contributed by atoms with van der Waals surface area (Å²) >= 11 is 0. The second-order valence-electron chi connectivity index (χ2n) is 4.73. The monoisotopic (exact) mass is 288 g/mol. The van der Waals surface area contributed by atoms with E-state index >= 15 is 0 Å². The van der Waals surface area contributed by atoms with Crippen LogP contribution in [0.25, 0.3) is 0 Å². The van der Waals surface area contributed by atoms with E-state index in [0.717, 1.165) is 0 Å². The average Bonchev–Trinajstić information content (AvgIpc) is 2.34. The van der Waals surface area contributed by atoms with Crippen LogP contribution in [0, 0.1) is 0 Å². The van der Waals surface area contributed by atoms with E-state index in [-0.39, 0.29) is 31.6 Å². The molecular formula is C13H24N2O5. The molecule has 0 radical (unpaired) electrons. The normalized spacial score (nSPS) is 10.2. The van der Waals surface area contributed by atoms with E-state index in [9.17, 15) is 14.4 Å². The number of hydrogen-bond donors (Lipinski definition) is 1. The summed E-state index contributed by atoms with van der Waals surface area (Å²) in [5, 5.41) is 8.57. The average molecular weight is 288 g/mol. The Morgan fingerprint density at radius 3 is 2.30 bits per heavy atom. The predicted molar refractivity (Wildman–Crippen MR) is 73.4 cm³/mol. The second kappa shape index (κ2) is 9.17. The van der Waals surface area contributed by atoms with Crippen LogP contribution >= 0.6 is 0 Å². The molecule has 0 aromatic rings. The highest BCUT2D eigenvalue weighted by Gasteiger charge is 2.23. The quantitative estimate of drug-likeness (QED) is 0.678. The van der Waals surface area contributed by atoms with Crippen molar-refractivity contribution in [1.29, 1.82) is 0 Å². The summed E-state index contributed by atoms with van der Waals surface area (Å²) < 4.78 is 4.84. The third-order valence-corrected chi connectivity index (χ3v) is 2.68. The number of esters is 1. The number of carbonyl (C=O) groups is 3. The molecule has 0 saturated heterocycles. The van der Waals surface area contributed by atoms with Gasteiger partial charge in [-0.2, -0.15) is 0 Å². The molecule has 0 aliphatic carbocycles. The molecule has 2 amide bonds. The molecule has 0 saturated carbocycles. The molecule has 7 heteroatoms. The van der Waals surface area contributed by atoms with E-state index in [1.165, 1.54) is 9.80 Å². The van der Waals surface area contributed by atoms with Crippen molar-refractivity contribution < 1.29 is 24.2 Å². The van der Waals surface area contributed by atoms with Crippen LogP contribution in [0.3, 0.4) is 0 Å². The summed E-state index contributed by atoms with van der Waals surface area (Å²) in [6.45, 7) is 5.82. The van der Waals surface area contributed by atoms with Crippen molar-refractivity contribution in [2.45, 2.75) is 39.7 Å². The molecule has 0 unspecified atom stereocenters. The molecule has 0 aliphatic heterocycles. The lowest BCUT2D eigenvalue weighted by molar-refractivity contribution is -0.144. The summed E-state index contributed by atoms with van der Waals surface area (Å²) in [6, 6.07) is -0.452. The minimum atomic E-state index is -0.891. The molecule has 0 bridgehead atoms. The van der Waals surface area contributed by atoms with Crippen molar-refractivity contribution in [3.05, 3.63) is 0 Å². The van der Waals surface area contributed by atoms with Crippen molar-refractivity contribution in [3.8, 4) is 0 Å². The van der Waals surface area contributed by atoms with Gasteiger partial charge in [0.2, 0.25) is 0 Å². The van der Waals surface area contributed by atoms with Gasteiger partial charge < -0.3 is 19.6 Å². The van der Waals surface area contributed by atoms with Gasteiger partial charge in [-0.05, 0) is 27.2 Å². The number of carboxylic acids is 1. The first-order valence-electron chi connectivity index (χ1n) is 6.68. The third kappa shape index (κ3) is 6.96. The molecule has 1 N–H and O–H groups in total. The van der Waals surface area contributed by atoms with Gasteiger partial charge in [0.25, 0.3) is 0 Å². The van der Waals surface area contributed by atoms with Gasteiger partial charge in [0.15, 0.2) is 0 Å². The minimum Gasteiger partial charge on any atom is -0.481 e. The molecule has 0 spiro atoms. The van der Waals surface area contributed by atoms with Crippen LogP contribution in [-0.4, -0.2) is 65.7 Å². The third-order valence-electron chi connectivity index (χ3n) is 2.68. The highest BCUT2D eigenvalue weighted by molar-refractivity contribution is 5.81. The van der Waals surface area contributed by atoms with E-state index in [2.05, 4.69) is 0 Å². The summed E-state index contributed by atoms with van der Waals surface area (Å²) in [7, 11) is 1.59. The van der Waals surface area contributed by atoms with Crippen molar-refractivity contribution in [3.63, 3.8) is 0 Å². The van der Waals surface area contributed by atoms with Crippen molar-refractivity contribution in [2.24, 2.45) is 0 Å². The van der Waals surface area contributed by atoms with E-state index in [0.29, 0.717) is 13.0 Å². The fraction of sp³-hybridized carbons (Fsp3) is 0.769.